The molecule has 15 heavy (non-hydrogen) atoms. The van der Waals surface area contributed by atoms with Crippen molar-refractivity contribution in [2.45, 2.75) is 0 Å². The molecule has 0 unspecified atom stereocenters. The molecular weight excluding hydrogens is 190 g/mol. The summed E-state index contributed by atoms with van der Waals surface area (Å²) in [5, 5.41) is 0. The first-order valence-corrected chi connectivity index (χ1v) is 4.88. The van der Waals surface area contributed by atoms with Crippen molar-refractivity contribution in [3.05, 3.63) is 35.9 Å². The number of carbonyl (C=O) groups is 1. The van der Waals surface area contributed by atoms with Crippen LogP contribution in [0.5, 0.6) is 0 Å². The van der Waals surface area contributed by atoms with Crippen LogP contribution in [0.25, 0.3) is 6.08 Å². The van der Waals surface area contributed by atoms with E-state index >= 15 is 0 Å². The van der Waals surface area contributed by atoms with Crippen LogP contribution in [0.3, 0.4) is 0 Å². The van der Waals surface area contributed by atoms with Gasteiger partial charge in [0.05, 0.1) is 5.69 Å². The molecule has 0 saturated carbocycles. The maximum absolute atomic E-state index is 11.7. The fourth-order valence-corrected chi connectivity index (χ4v) is 1.70. The van der Waals surface area contributed by atoms with E-state index in [9.17, 15) is 4.79 Å². The lowest BCUT2D eigenvalue weighted by atomic mass is 10.1. The molecule has 2 rings (SSSR count). The first-order chi connectivity index (χ1) is 7.33. The van der Waals surface area contributed by atoms with E-state index in [1.165, 1.54) is 7.11 Å². The van der Waals surface area contributed by atoms with Gasteiger partial charge in [0.25, 0.3) is 5.91 Å². The summed E-state index contributed by atoms with van der Waals surface area (Å²) >= 11 is 0. The van der Waals surface area contributed by atoms with E-state index in [-0.39, 0.29) is 12.5 Å². The van der Waals surface area contributed by atoms with E-state index in [2.05, 4.69) is 0 Å². The molecule has 3 heteroatoms. The lowest BCUT2D eigenvalue weighted by molar-refractivity contribution is -0.122. The van der Waals surface area contributed by atoms with Crippen LogP contribution in [-0.2, 0) is 9.53 Å². The highest BCUT2D eigenvalue weighted by Gasteiger charge is 2.18. The van der Waals surface area contributed by atoms with Gasteiger partial charge in [-0.3, -0.25) is 4.79 Å². The third-order valence-corrected chi connectivity index (χ3v) is 2.38. The van der Waals surface area contributed by atoms with Gasteiger partial charge in [-0.2, -0.15) is 0 Å². The fraction of sp³-hybridized carbons (Fsp3) is 0.250. The van der Waals surface area contributed by atoms with Gasteiger partial charge in [-0.1, -0.05) is 30.4 Å². The average Bonchev–Trinajstić information content (AvgIpc) is 2.28. The molecule has 0 radical (unpaired) electrons. The smallest absolute Gasteiger partial charge is 0.253 e. The Bertz CT molecular complexity index is 398. The van der Waals surface area contributed by atoms with Crippen LogP contribution in [0, 0.1) is 0 Å². The molecule has 1 aliphatic rings. The van der Waals surface area contributed by atoms with Crippen molar-refractivity contribution in [3.63, 3.8) is 0 Å². The summed E-state index contributed by atoms with van der Waals surface area (Å²) < 4.78 is 4.86. The zero-order chi connectivity index (χ0) is 10.7. The zero-order valence-electron chi connectivity index (χ0n) is 8.64. The summed E-state index contributed by atoms with van der Waals surface area (Å²) in [6.07, 6.45) is 4.02. The zero-order valence-corrected chi connectivity index (χ0v) is 8.64. The lowest BCUT2D eigenvalue weighted by Crippen LogP contribution is -2.35. The molecule has 0 N–H and O–H groups in total. The Labute approximate surface area is 89.0 Å². The predicted octanol–water partition coefficient (Wildman–Crippen LogP) is 1.69. The predicted molar refractivity (Wildman–Crippen MR) is 59.7 cm³/mol. The molecule has 1 aromatic rings. The fourth-order valence-electron chi connectivity index (χ4n) is 1.70. The number of anilines is 1. The minimum absolute atomic E-state index is 0.00528. The molecule has 1 aliphatic heterocycles. The number of carbonyl (C=O) groups excluding carboxylic acids is 1. The van der Waals surface area contributed by atoms with Gasteiger partial charge in [0.15, 0.2) is 0 Å². The average molecular weight is 203 g/mol. The van der Waals surface area contributed by atoms with Crippen LogP contribution < -0.4 is 4.90 Å². The Morgan fingerprint density at radius 1 is 1.47 bits per heavy atom. The SMILES string of the molecule is COCC(=O)N1CC=Cc2ccccc21. The largest absolute Gasteiger partial charge is 0.375 e. The first-order valence-electron chi connectivity index (χ1n) is 4.88. The van der Waals surface area contributed by atoms with Crippen molar-refractivity contribution in [2.24, 2.45) is 0 Å². The molecule has 1 aromatic carbocycles. The molecule has 0 aliphatic carbocycles. The van der Waals surface area contributed by atoms with Gasteiger partial charge >= 0.3 is 0 Å². The van der Waals surface area contributed by atoms with Crippen molar-refractivity contribution in [1.82, 2.24) is 0 Å². The summed E-state index contributed by atoms with van der Waals surface area (Å²) in [5.41, 5.74) is 2.04. The van der Waals surface area contributed by atoms with Crippen LogP contribution in [0.15, 0.2) is 30.3 Å². The summed E-state index contributed by atoms with van der Waals surface area (Å²) in [4.78, 5) is 13.5. The quantitative estimate of drug-likeness (QED) is 0.732. The van der Waals surface area contributed by atoms with Crippen molar-refractivity contribution < 1.29 is 9.53 Å². The third kappa shape index (κ3) is 1.92. The lowest BCUT2D eigenvalue weighted by Gasteiger charge is -2.25. The third-order valence-electron chi connectivity index (χ3n) is 2.38. The van der Waals surface area contributed by atoms with Crippen LogP contribution in [0.2, 0.25) is 0 Å². The molecule has 0 spiro atoms. The summed E-state index contributed by atoms with van der Waals surface area (Å²) in [6.45, 7) is 0.751. The Morgan fingerprint density at radius 3 is 3.07 bits per heavy atom. The van der Waals surface area contributed by atoms with Gasteiger partial charge < -0.3 is 9.64 Å². The van der Waals surface area contributed by atoms with Gasteiger partial charge in [0.2, 0.25) is 0 Å². The van der Waals surface area contributed by atoms with E-state index in [1.807, 2.05) is 36.4 Å². The molecule has 0 fully saturated rings. The standard InChI is InChI=1S/C12H13NO2/c1-15-9-12(14)13-8-4-6-10-5-2-3-7-11(10)13/h2-7H,8-9H2,1H3. The number of nitrogens with zero attached hydrogens (tertiary/aromatic N) is 1. The topological polar surface area (TPSA) is 29.5 Å². The van der Waals surface area contributed by atoms with Gasteiger partial charge in [-0.15, -0.1) is 0 Å². The van der Waals surface area contributed by atoms with Crippen molar-refractivity contribution in [2.75, 3.05) is 25.2 Å². The number of fused-ring (bicyclic) bond motifs is 1. The van der Waals surface area contributed by atoms with Crippen LogP contribution in [0.1, 0.15) is 5.56 Å². The Hall–Kier alpha value is -1.61. The number of amides is 1. The van der Waals surface area contributed by atoms with Crippen LogP contribution >= 0.6 is 0 Å². The number of hydrogen-bond acceptors (Lipinski definition) is 2. The Kier molecular flexibility index (Phi) is 2.83. The van der Waals surface area contributed by atoms with E-state index in [4.69, 9.17) is 4.74 Å². The van der Waals surface area contributed by atoms with Crippen molar-refractivity contribution >= 4 is 17.7 Å². The Morgan fingerprint density at radius 2 is 2.27 bits per heavy atom. The number of ether oxygens (including phenoxy) is 1. The van der Waals surface area contributed by atoms with Crippen LogP contribution in [0.4, 0.5) is 5.69 Å². The molecule has 0 saturated heterocycles. The monoisotopic (exact) mass is 203 g/mol. The Balaban J connectivity index is 2.30. The maximum atomic E-state index is 11.7. The molecule has 78 valence electrons. The minimum atomic E-state index is -0.00528. The van der Waals surface area contributed by atoms with Crippen LogP contribution in [-0.4, -0.2) is 26.2 Å². The number of hydrogen-bond donors (Lipinski definition) is 0. The second-order valence-electron chi connectivity index (χ2n) is 3.40. The molecule has 1 heterocycles. The van der Waals surface area contributed by atoms with Crippen molar-refractivity contribution in [1.29, 1.82) is 0 Å². The molecule has 3 nitrogen and oxygen atoms in total. The van der Waals surface area contributed by atoms with Gasteiger partial charge in [-0.05, 0) is 11.6 Å². The van der Waals surface area contributed by atoms with E-state index in [0.29, 0.717) is 6.54 Å². The number of methoxy groups -OCH3 is 1. The second kappa shape index (κ2) is 4.28. The van der Waals surface area contributed by atoms with Gasteiger partial charge in [-0.25, -0.2) is 0 Å². The normalized spacial score (nSPS) is 13.8. The molecule has 1 amide bonds. The number of para-hydroxylation sites is 1. The van der Waals surface area contributed by atoms with Crippen molar-refractivity contribution in [3.8, 4) is 0 Å². The summed E-state index contributed by atoms with van der Waals surface area (Å²) in [5.74, 6) is -0.00528. The summed E-state index contributed by atoms with van der Waals surface area (Å²) in [6, 6.07) is 7.85. The highest BCUT2D eigenvalue weighted by molar-refractivity contribution is 5.97. The van der Waals surface area contributed by atoms with Gasteiger partial charge in [0, 0.05) is 13.7 Å². The second-order valence-corrected chi connectivity index (χ2v) is 3.40. The minimum Gasteiger partial charge on any atom is -0.375 e. The van der Waals surface area contributed by atoms with E-state index in [0.717, 1.165) is 11.3 Å². The summed E-state index contributed by atoms with van der Waals surface area (Å²) in [7, 11) is 1.53. The molecule has 0 bridgehead atoms. The molecule has 0 aromatic heterocycles. The maximum Gasteiger partial charge on any atom is 0.253 e. The van der Waals surface area contributed by atoms with E-state index in [1.54, 1.807) is 4.90 Å². The highest BCUT2D eigenvalue weighted by Crippen LogP contribution is 2.25. The molecule has 0 atom stereocenters. The number of benzene rings is 1. The first kappa shape index (κ1) is 9.93. The highest BCUT2D eigenvalue weighted by atomic mass is 16.5. The van der Waals surface area contributed by atoms with Gasteiger partial charge in [0.1, 0.15) is 6.61 Å². The number of rotatable bonds is 2. The molecular formula is C12H13NO2. The van der Waals surface area contributed by atoms with E-state index < -0.39 is 0 Å².